The number of nitrogens with one attached hydrogen (secondary N) is 1. The number of benzene rings is 2. The van der Waals surface area contributed by atoms with Gasteiger partial charge in [0.2, 0.25) is 5.88 Å². The molecule has 0 atom stereocenters. The fraction of sp³-hybridized carbons (Fsp3) is 0.0952. The van der Waals surface area contributed by atoms with E-state index in [0.29, 0.717) is 33.7 Å². The van der Waals surface area contributed by atoms with Gasteiger partial charge in [0.15, 0.2) is 5.82 Å². The molecule has 8 nitrogen and oxygen atoms in total. The molecule has 2 aromatic heterocycles. The van der Waals surface area contributed by atoms with Crippen molar-refractivity contribution in [2.45, 2.75) is 18.7 Å². The van der Waals surface area contributed by atoms with E-state index in [1.54, 1.807) is 60.3 Å². The molecule has 0 aliphatic carbocycles. The fourth-order valence-electron chi connectivity index (χ4n) is 2.87. The van der Waals surface area contributed by atoms with Gasteiger partial charge >= 0.3 is 0 Å². The number of hydrogen-bond donors (Lipinski definition) is 1. The highest BCUT2D eigenvalue weighted by atomic mass is 35.5. The first-order valence-corrected chi connectivity index (χ1v) is 11.6. The SMILES string of the molecule is Cc1cc(S(=O)(=O)Nc2ccc(Oc3ccc(-n4ccnc4C)nn3)cc2)c(Cl)cc1Cl. The average molecular weight is 490 g/mol. The summed E-state index contributed by atoms with van der Waals surface area (Å²) in [4.78, 5) is 4.10. The zero-order valence-electron chi connectivity index (χ0n) is 17.0. The van der Waals surface area contributed by atoms with Gasteiger partial charge in [0.25, 0.3) is 10.0 Å². The lowest BCUT2D eigenvalue weighted by atomic mass is 10.2. The van der Waals surface area contributed by atoms with Crippen molar-refractivity contribution < 1.29 is 13.2 Å². The van der Waals surface area contributed by atoms with Crippen molar-refractivity contribution in [3.63, 3.8) is 0 Å². The molecule has 11 heteroatoms. The van der Waals surface area contributed by atoms with E-state index in [9.17, 15) is 8.42 Å². The third kappa shape index (κ3) is 4.69. The van der Waals surface area contributed by atoms with Gasteiger partial charge < -0.3 is 4.74 Å². The minimum Gasteiger partial charge on any atom is -0.438 e. The molecule has 0 amide bonds. The molecule has 2 heterocycles. The topological polar surface area (TPSA) is 99.0 Å². The number of anilines is 1. The van der Waals surface area contributed by atoms with E-state index in [1.807, 2.05) is 6.92 Å². The molecule has 0 aliphatic heterocycles. The van der Waals surface area contributed by atoms with Crippen LogP contribution in [0.2, 0.25) is 10.0 Å². The second-order valence-corrected chi connectivity index (χ2v) is 9.30. The molecule has 2 aromatic carbocycles. The number of rotatable bonds is 6. The number of halogens is 2. The Bertz CT molecular complexity index is 1370. The first-order chi connectivity index (χ1) is 15.2. The Morgan fingerprint density at radius 2 is 1.72 bits per heavy atom. The van der Waals surface area contributed by atoms with Gasteiger partial charge in [0, 0.05) is 29.2 Å². The largest absolute Gasteiger partial charge is 0.438 e. The van der Waals surface area contributed by atoms with Gasteiger partial charge in [0.05, 0.1) is 5.02 Å². The number of sulfonamides is 1. The Balaban J connectivity index is 1.46. The van der Waals surface area contributed by atoms with Crippen LogP contribution < -0.4 is 9.46 Å². The third-order valence-electron chi connectivity index (χ3n) is 4.53. The van der Waals surface area contributed by atoms with Crippen LogP contribution in [0.4, 0.5) is 5.69 Å². The molecule has 4 aromatic rings. The van der Waals surface area contributed by atoms with Crippen LogP contribution >= 0.6 is 23.2 Å². The molecule has 0 spiro atoms. The number of ether oxygens (including phenoxy) is 1. The summed E-state index contributed by atoms with van der Waals surface area (Å²) >= 11 is 12.1. The molecule has 0 aliphatic rings. The average Bonchev–Trinajstić information content (AvgIpc) is 3.18. The van der Waals surface area contributed by atoms with Gasteiger partial charge in [-0.05, 0) is 61.9 Å². The standard InChI is InChI=1S/C21H17Cl2N5O3S/c1-13-11-19(18(23)12-17(13)22)32(29,30)27-15-3-5-16(6-4-15)31-21-8-7-20(25-26-21)28-10-9-24-14(28)2/h3-12,27H,1-2H3. The molecule has 4 rings (SSSR count). The summed E-state index contributed by atoms with van der Waals surface area (Å²) in [5.74, 6) is 2.17. The number of hydrogen-bond acceptors (Lipinski definition) is 6. The maximum Gasteiger partial charge on any atom is 0.263 e. The second-order valence-electron chi connectivity index (χ2n) is 6.84. The highest BCUT2D eigenvalue weighted by Gasteiger charge is 2.19. The summed E-state index contributed by atoms with van der Waals surface area (Å²) in [6.07, 6.45) is 3.47. The van der Waals surface area contributed by atoms with E-state index in [-0.39, 0.29) is 9.92 Å². The highest BCUT2D eigenvalue weighted by molar-refractivity contribution is 7.92. The Kier molecular flexibility index (Phi) is 6.05. The first-order valence-electron chi connectivity index (χ1n) is 9.33. The molecular formula is C21H17Cl2N5O3S. The van der Waals surface area contributed by atoms with Gasteiger partial charge in [-0.2, -0.15) is 0 Å². The third-order valence-corrected chi connectivity index (χ3v) is 6.78. The Hall–Kier alpha value is -3.14. The number of nitrogens with zero attached hydrogens (tertiary/aromatic N) is 4. The molecule has 0 saturated heterocycles. The van der Waals surface area contributed by atoms with Crippen LogP contribution in [0.5, 0.6) is 11.6 Å². The van der Waals surface area contributed by atoms with Crippen molar-refractivity contribution in [3.8, 4) is 17.4 Å². The monoisotopic (exact) mass is 489 g/mol. The molecule has 0 unspecified atom stereocenters. The van der Waals surface area contributed by atoms with Crippen LogP contribution in [0.3, 0.4) is 0 Å². The van der Waals surface area contributed by atoms with Crippen LogP contribution in [0.15, 0.2) is 65.8 Å². The van der Waals surface area contributed by atoms with E-state index in [1.165, 1.54) is 12.1 Å². The molecule has 164 valence electrons. The van der Waals surface area contributed by atoms with Gasteiger partial charge in [-0.1, -0.05) is 23.2 Å². The van der Waals surface area contributed by atoms with Crippen LogP contribution in [0.1, 0.15) is 11.4 Å². The molecule has 32 heavy (non-hydrogen) atoms. The Labute approximate surface area is 194 Å². The van der Waals surface area contributed by atoms with Crippen molar-refractivity contribution in [3.05, 3.63) is 82.4 Å². The zero-order valence-corrected chi connectivity index (χ0v) is 19.3. The Morgan fingerprint density at radius 1 is 0.969 bits per heavy atom. The lowest BCUT2D eigenvalue weighted by molar-refractivity contribution is 0.454. The van der Waals surface area contributed by atoms with E-state index >= 15 is 0 Å². The predicted molar refractivity (Wildman–Crippen MR) is 122 cm³/mol. The fourth-order valence-corrected chi connectivity index (χ4v) is 4.77. The summed E-state index contributed by atoms with van der Waals surface area (Å²) in [6, 6.07) is 12.6. The van der Waals surface area contributed by atoms with Crippen molar-refractivity contribution in [2.24, 2.45) is 0 Å². The molecule has 0 radical (unpaired) electrons. The summed E-state index contributed by atoms with van der Waals surface area (Å²) in [7, 11) is -3.90. The number of imidazole rings is 1. The highest BCUT2D eigenvalue weighted by Crippen LogP contribution is 2.30. The van der Waals surface area contributed by atoms with E-state index in [4.69, 9.17) is 27.9 Å². The van der Waals surface area contributed by atoms with Gasteiger partial charge in [-0.15, -0.1) is 10.2 Å². The zero-order chi connectivity index (χ0) is 22.9. The quantitative estimate of drug-likeness (QED) is 0.400. The lowest BCUT2D eigenvalue weighted by Crippen LogP contribution is -2.13. The second kappa shape index (κ2) is 8.78. The predicted octanol–water partition coefficient (Wildman–Crippen LogP) is 5.18. The van der Waals surface area contributed by atoms with Crippen LogP contribution in [0, 0.1) is 13.8 Å². The van der Waals surface area contributed by atoms with Crippen molar-refractivity contribution in [2.75, 3.05) is 4.72 Å². The maximum atomic E-state index is 12.7. The first kappa shape index (κ1) is 22.1. The summed E-state index contributed by atoms with van der Waals surface area (Å²) in [5, 5.41) is 8.63. The molecule has 0 fully saturated rings. The van der Waals surface area contributed by atoms with Crippen LogP contribution in [0.25, 0.3) is 5.82 Å². The van der Waals surface area contributed by atoms with Crippen molar-refractivity contribution in [1.29, 1.82) is 0 Å². The Morgan fingerprint density at radius 3 is 2.34 bits per heavy atom. The van der Waals surface area contributed by atoms with E-state index in [0.717, 1.165) is 5.82 Å². The van der Waals surface area contributed by atoms with Crippen molar-refractivity contribution in [1.82, 2.24) is 19.7 Å². The minimum absolute atomic E-state index is 0.0426. The smallest absolute Gasteiger partial charge is 0.263 e. The van der Waals surface area contributed by atoms with Crippen LogP contribution in [-0.4, -0.2) is 28.2 Å². The number of aryl methyl sites for hydroxylation is 2. The summed E-state index contributed by atoms with van der Waals surface area (Å²) in [6.45, 7) is 3.57. The van der Waals surface area contributed by atoms with E-state index < -0.39 is 10.0 Å². The lowest BCUT2D eigenvalue weighted by Gasteiger charge is -2.12. The minimum atomic E-state index is -3.90. The van der Waals surface area contributed by atoms with Gasteiger partial charge in [-0.3, -0.25) is 9.29 Å². The molecule has 0 saturated carbocycles. The normalized spacial score (nSPS) is 11.4. The molecule has 0 bridgehead atoms. The summed E-state index contributed by atoms with van der Waals surface area (Å²) in [5.41, 5.74) is 0.952. The molecular weight excluding hydrogens is 473 g/mol. The molecule has 1 N–H and O–H groups in total. The number of aromatic nitrogens is 4. The summed E-state index contributed by atoms with van der Waals surface area (Å²) < 4.78 is 35.4. The maximum absolute atomic E-state index is 12.7. The van der Waals surface area contributed by atoms with Crippen LogP contribution in [-0.2, 0) is 10.0 Å². The van der Waals surface area contributed by atoms with Gasteiger partial charge in [0.1, 0.15) is 16.5 Å². The van der Waals surface area contributed by atoms with Crippen molar-refractivity contribution >= 4 is 38.9 Å². The van der Waals surface area contributed by atoms with Gasteiger partial charge in [-0.25, -0.2) is 13.4 Å². The van der Waals surface area contributed by atoms with E-state index in [2.05, 4.69) is 19.9 Å².